The Balaban J connectivity index is 2.89. The van der Waals surface area contributed by atoms with Crippen molar-refractivity contribution < 1.29 is 9.53 Å². The Kier molecular flexibility index (Phi) is 4.71. The van der Waals surface area contributed by atoms with Gasteiger partial charge in [-0.05, 0) is 0 Å². The smallest absolute Gasteiger partial charge is 0.325 e. The number of halogens is 1. The number of rotatable bonds is 5. The average Bonchev–Trinajstić information content (AvgIpc) is 2.34. The third-order valence-electron chi connectivity index (χ3n) is 1.94. The molecule has 0 bridgehead atoms. The highest BCUT2D eigenvalue weighted by Gasteiger charge is 2.09. The molecule has 0 amide bonds. The molecule has 0 aliphatic carbocycles. The van der Waals surface area contributed by atoms with E-state index in [1.165, 1.54) is 24.1 Å². The maximum atomic E-state index is 11.7. The Morgan fingerprint density at radius 2 is 2.47 bits per heavy atom. The number of nitrogens with one attached hydrogen (secondary N) is 1. The summed E-state index contributed by atoms with van der Waals surface area (Å²) in [7, 11) is 1.27. The van der Waals surface area contributed by atoms with Gasteiger partial charge in [-0.3, -0.25) is 9.59 Å². The number of hydrogen-bond donors (Lipinski definition) is 1. The van der Waals surface area contributed by atoms with Crippen molar-refractivity contribution in [2.24, 2.45) is 0 Å². The minimum absolute atomic E-state index is 0.0225. The van der Waals surface area contributed by atoms with Crippen molar-refractivity contribution in [1.29, 1.82) is 0 Å². The number of ether oxygens (including phenoxy) is 1. The van der Waals surface area contributed by atoms with Crippen molar-refractivity contribution in [3.05, 3.63) is 34.2 Å². The number of allylic oxidation sites excluding steroid dienone is 1. The van der Waals surface area contributed by atoms with E-state index in [1.807, 2.05) is 0 Å². The molecule has 0 aromatic carbocycles. The molecule has 1 rings (SSSR count). The third kappa shape index (κ3) is 3.32. The van der Waals surface area contributed by atoms with Crippen LogP contribution in [-0.2, 0) is 16.1 Å². The zero-order valence-corrected chi connectivity index (χ0v) is 10.0. The van der Waals surface area contributed by atoms with Crippen molar-refractivity contribution in [3.63, 3.8) is 0 Å². The monoisotopic (exact) mass is 257 g/mol. The molecular weight excluding hydrogens is 246 g/mol. The normalized spacial score (nSPS) is 9.76. The quantitative estimate of drug-likeness (QED) is 0.620. The number of nitrogens with zero attached hydrogens (tertiary/aromatic N) is 2. The minimum atomic E-state index is -0.462. The van der Waals surface area contributed by atoms with Crippen molar-refractivity contribution in [3.8, 4) is 0 Å². The van der Waals surface area contributed by atoms with Crippen LogP contribution in [0.15, 0.2) is 23.6 Å². The van der Waals surface area contributed by atoms with Crippen LogP contribution in [0, 0.1) is 0 Å². The number of methoxy groups -OCH3 is 1. The fourth-order valence-corrected chi connectivity index (χ4v) is 1.29. The van der Waals surface area contributed by atoms with E-state index < -0.39 is 11.5 Å². The molecule has 7 heteroatoms. The Hall–Kier alpha value is -1.82. The topological polar surface area (TPSA) is 73.2 Å². The van der Waals surface area contributed by atoms with Gasteiger partial charge in [-0.25, -0.2) is 4.68 Å². The maximum absolute atomic E-state index is 11.7. The van der Waals surface area contributed by atoms with Crippen LogP contribution in [0.25, 0.3) is 0 Å². The van der Waals surface area contributed by atoms with Crippen LogP contribution in [-0.4, -0.2) is 29.4 Å². The van der Waals surface area contributed by atoms with Crippen LogP contribution < -0.4 is 10.9 Å². The van der Waals surface area contributed by atoms with E-state index in [-0.39, 0.29) is 18.1 Å². The lowest BCUT2D eigenvalue weighted by Gasteiger charge is -2.08. The molecule has 0 spiro atoms. The molecule has 17 heavy (non-hydrogen) atoms. The molecule has 1 heterocycles. The fourth-order valence-electron chi connectivity index (χ4n) is 1.08. The van der Waals surface area contributed by atoms with Gasteiger partial charge in [-0.2, -0.15) is 5.10 Å². The maximum Gasteiger partial charge on any atom is 0.325 e. The average molecular weight is 258 g/mol. The van der Waals surface area contributed by atoms with Gasteiger partial charge < -0.3 is 10.1 Å². The molecule has 0 saturated heterocycles. The van der Waals surface area contributed by atoms with Gasteiger partial charge >= 0.3 is 5.97 Å². The Bertz CT molecular complexity index is 484. The number of aromatic nitrogens is 2. The molecule has 1 N–H and O–H groups in total. The SMILES string of the molecule is C=CCn1ncc(NCC(=O)OC)c(Cl)c1=O. The highest BCUT2D eigenvalue weighted by atomic mass is 35.5. The summed E-state index contributed by atoms with van der Waals surface area (Å²) >= 11 is 5.84. The van der Waals surface area contributed by atoms with Crippen LogP contribution in [0.3, 0.4) is 0 Å². The number of esters is 1. The van der Waals surface area contributed by atoms with E-state index in [1.54, 1.807) is 0 Å². The van der Waals surface area contributed by atoms with Gasteiger partial charge in [0.15, 0.2) is 0 Å². The number of hydrogen-bond acceptors (Lipinski definition) is 5. The molecule has 0 saturated carbocycles. The first-order valence-corrected chi connectivity index (χ1v) is 5.15. The second kappa shape index (κ2) is 6.05. The van der Waals surface area contributed by atoms with Crippen LogP contribution in [0.4, 0.5) is 5.69 Å². The van der Waals surface area contributed by atoms with Gasteiger partial charge in [0.25, 0.3) is 5.56 Å². The third-order valence-corrected chi connectivity index (χ3v) is 2.30. The van der Waals surface area contributed by atoms with Crippen molar-refractivity contribution in [1.82, 2.24) is 9.78 Å². The van der Waals surface area contributed by atoms with Crippen molar-refractivity contribution in [2.75, 3.05) is 19.0 Å². The molecule has 92 valence electrons. The van der Waals surface area contributed by atoms with Gasteiger partial charge in [0.1, 0.15) is 11.6 Å². The van der Waals surface area contributed by atoms with E-state index in [0.29, 0.717) is 5.69 Å². The lowest BCUT2D eigenvalue weighted by molar-refractivity contribution is -0.138. The molecule has 0 fully saturated rings. The Labute approximate surface area is 103 Å². The molecule has 1 aromatic rings. The van der Waals surface area contributed by atoms with Crippen LogP contribution in [0.2, 0.25) is 5.02 Å². The van der Waals surface area contributed by atoms with Gasteiger partial charge in [-0.1, -0.05) is 17.7 Å². The van der Waals surface area contributed by atoms with Crippen LogP contribution >= 0.6 is 11.6 Å². The summed E-state index contributed by atoms with van der Waals surface area (Å²) in [6, 6.07) is 0. The van der Waals surface area contributed by atoms with E-state index in [2.05, 4.69) is 21.7 Å². The van der Waals surface area contributed by atoms with Crippen molar-refractivity contribution in [2.45, 2.75) is 6.54 Å². The number of anilines is 1. The van der Waals surface area contributed by atoms with Gasteiger partial charge in [0.2, 0.25) is 0 Å². The second-order valence-corrected chi connectivity index (χ2v) is 3.46. The molecule has 0 unspecified atom stereocenters. The number of carbonyl (C=O) groups is 1. The molecule has 0 atom stereocenters. The summed E-state index contributed by atoms with van der Waals surface area (Å²) < 4.78 is 5.61. The highest BCUT2D eigenvalue weighted by Crippen LogP contribution is 2.14. The summed E-state index contributed by atoms with van der Waals surface area (Å²) in [6.07, 6.45) is 2.91. The zero-order valence-electron chi connectivity index (χ0n) is 9.27. The van der Waals surface area contributed by atoms with Crippen molar-refractivity contribution >= 4 is 23.3 Å². The summed E-state index contributed by atoms with van der Waals surface area (Å²) in [6.45, 7) is 3.69. The Morgan fingerprint density at radius 1 is 1.76 bits per heavy atom. The van der Waals surface area contributed by atoms with E-state index >= 15 is 0 Å². The molecule has 1 aromatic heterocycles. The summed E-state index contributed by atoms with van der Waals surface area (Å²) in [5.41, 5.74) is -0.149. The number of carbonyl (C=O) groups excluding carboxylic acids is 1. The first-order valence-electron chi connectivity index (χ1n) is 4.77. The summed E-state index contributed by atoms with van der Waals surface area (Å²) in [5, 5.41) is 6.51. The predicted molar refractivity (Wildman–Crippen MR) is 64.2 cm³/mol. The highest BCUT2D eigenvalue weighted by molar-refractivity contribution is 6.33. The predicted octanol–water partition coefficient (Wildman–Crippen LogP) is 0.668. The molecule has 0 radical (unpaired) electrons. The minimum Gasteiger partial charge on any atom is -0.468 e. The molecule has 0 aliphatic rings. The van der Waals surface area contributed by atoms with E-state index in [4.69, 9.17) is 11.6 Å². The first kappa shape index (κ1) is 13.2. The van der Waals surface area contributed by atoms with Gasteiger partial charge in [0, 0.05) is 0 Å². The van der Waals surface area contributed by atoms with E-state index in [9.17, 15) is 9.59 Å². The van der Waals surface area contributed by atoms with Crippen LogP contribution in [0.1, 0.15) is 0 Å². The van der Waals surface area contributed by atoms with Gasteiger partial charge in [-0.15, -0.1) is 6.58 Å². The first-order chi connectivity index (χ1) is 8.10. The molecule has 0 aliphatic heterocycles. The summed E-state index contributed by atoms with van der Waals surface area (Å²) in [4.78, 5) is 22.6. The van der Waals surface area contributed by atoms with E-state index in [0.717, 1.165) is 0 Å². The lowest BCUT2D eigenvalue weighted by Crippen LogP contribution is -2.25. The van der Waals surface area contributed by atoms with Gasteiger partial charge in [0.05, 0.1) is 25.5 Å². The molecular formula is C10H12ClN3O3. The fraction of sp³-hybridized carbons (Fsp3) is 0.300. The zero-order chi connectivity index (χ0) is 12.8. The van der Waals surface area contributed by atoms with Crippen LogP contribution in [0.5, 0.6) is 0 Å². The standard InChI is InChI=1S/C10H12ClN3O3/c1-3-4-14-10(16)9(11)7(5-13-14)12-6-8(15)17-2/h3,5,12H,1,4,6H2,2H3. The summed E-state index contributed by atoms with van der Waals surface area (Å²) in [5.74, 6) is -0.462. The lowest BCUT2D eigenvalue weighted by atomic mass is 10.4. The molecule has 6 nitrogen and oxygen atoms in total. The largest absolute Gasteiger partial charge is 0.468 e. The Morgan fingerprint density at radius 3 is 3.06 bits per heavy atom. The second-order valence-electron chi connectivity index (χ2n) is 3.08.